The van der Waals surface area contributed by atoms with Gasteiger partial charge in [0.15, 0.2) is 0 Å². The zero-order chi connectivity index (χ0) is 19.3. The molecule has 6 nitrogen and oxygen atoms in total. The molecule has 6 heteroatoms. The van der Waals surface area contributed by atoms with Crippen molar-refractivity contribution in [1.29, 1.82) is 0 Å². The first-order chi connectivity index (χ1) is 13.0. The Morgan fingerprint density at radius 3 is 2.56 bits per heavy atom. The van der Waals surface area contributed by atoms with Gasteiger partial charge in [0, 0.05) is 12.2 Å². The molecule has 1 aliphatic heterocycles. The lowest BCUT2D eigenvalue weighted by molar-refractivity contribution is -0.145. The highest BCUT2D eigenvalue weighted by Gasteiger charge is 2.42. The number of hydrogen-bond donors (Lipinski definition) is 1. The lowest BCUT2D eigenvalue weighted by Crippen LogP contribution is -2.53. The van der Waals surface area contributed by atoms with E-state index in [1.807, 2.05) is 30.3 Å². The van der Waals surface area contributed by atoms with Gasteiger partial charge in [-0.1, -0.05) is 37.5 Å². The van der Waals surface area contributed by atoms with Crippen molar-refractivity contribution in [3.05, 3.63) is 30.3 Å². The van der Waals surface area contributed by atoms with Crippen molar-refractivity contribution in [3.63, 3.8) is 0 Å². The summed E-state index contributed by atoms with van der Waals surface area (Å²) >= 11 is 0. The molecule has 1 aromatic rings. The van der Waals surface area contributed by atoms with E-state index in [0.29, 0.717) is 19.6 Å². The SMILES string of the molecule is CCOC(=O)CC1(NC(=O)C2CCN(c3ccccc3)C2=O)CCCCC1. The molecule has 27 heavy (non-hydrogen) atoms. The average molecular weight is 372 g/mol. The molecule has 1 saturated carbocycles. The molecule has 0 bridgehead atoms. The van der Waals surface area contributed by atoms with Crippen LogP contribution in [0.3, 0.4) is 0 Å². The van der Waals surface area contributed by atoms with Crippen LogP contribution in [0, 0.1) is 5.92 Å². The maximum absolute atomic E-state index is 12.9. The fraction of sp³-hybridized carbons (Fsp3) is 0.571. The van der Waals surface area contributed by atoms with Crippen LogP contribution < -0.4 is 10.2 Å². The first-order valence-electron chi connectivity index (χ1n) is 9.89. The minimum Gasteiger partial charge on any atom is -0.466 e. The van der Waals surface area contributed by atoms with Crippen LogP contribution in [0.25, 0.3) is 0 Å². The van der Waals surface area contributed by atoms with Crippen molar-refractivity contribution in [2.45, 2.75) is 57.4 Å². The van der Waals surface area contributed by atoms with E-state index in [-0.39, 0.29) is 24.2 Å². The van der Waals surface area contributed by atoms with Gasteiger partial charge in [0.2, 0.25) is 11.8 Å². The van der Waals surface area contributed by atoms with Gasteiger partial charge in [-0.05, 0) is 38.3 Å². The Morgan fingerprint density at radius 1 is 1.19 bits per heavy atom. The molecular weight excluding hydrogens is 344 g/mol. The summed E-state index contributed by atoms with van der Waals surface area (Å²) in [5.41, 5.74) is 0.235. The maximum atomic E-state index is 12.9. The van der Waals surface area contributed by atoms with E-state index in [1.54, 1.807) is 11.8 Å². The second kappa shape index (κ2) is 8.55. The van der Waals surface area contributed by atoms with E-state index >= 15 is 0 Å². The van der Waals surface area contributed by atoms with Crippen molar-refractivity contribution < 1.29 is 19.1 Å². The summed E-state index contributed by atoms with van der Waals surface area (Å²) in [7, 11) is 0. The normalized spacial score (nSPS) is 21.7. The molecule has 1 heterocycles. The lowest BCUT2D eigenvalue weighted by Gasteiger charge is -2.38. The number of amides is 2. The van der Waals surface area contributed by atoms with Gasteiger partial charge >= 0.3 is 5.97 Å². The van der Waals surface area contributed by atoms with Crippen molar-refractivity contribution in [3.8, 4) is 0 Å². The predicted octanol–water partition coefficient (Wildman–Crippen LogP) is 2.81. The van der Waals surface area contributed by atoms with Crippen LogP contribution in [0.1, 0.15) is 51.9 Å². The summed E-state index contributed by atoms with van der Waals surface area (Å²) in [6.45, 7) is 2.64. The topological polar surface area (TPSA) is 75.7 Å². The van der Waals surface area contributed by atoms with Crippen LogP contribution in [-0.2, 0) is 19.1 Å². The number of ether oxygens (including phenoxy) is 1. The van der Waals surface area contributed by atoms with Crippen molar-refractivity contribution >= 4 is 23.5 Å². The van der Waals surface area contributed by atoms with Crippen LogP contribution >= 0.6 is 0 Å². The van der Waals surface area contributed by atoms with Crippen LogP contribution in [0.15, 0.2) is 30.3 Å². The quantitative estimate of drug-likeness (QED) is 0.615. The zero-order valence-corrected chi connectivity index (χ0v) is 15.9. The standard InChI is InChI=1S/C21H28N2O4/c1-2-27-18(24)15-21(12-7-4-8-13-21)22-19(25)17-11-14-23(20(17)26)16-9-5-3-6-10-16/h3,5-6,9-10,17H,2,4,7-8,11-15H2,1H3,(H,22,25). The monoisotopic (exact) mass is 372 g/mol. The molecule has 0 aromatic heterocycles. The highest BCUT2D eigenvalue weighted by atomic mass is 16.5. The van der Waals surface area contributed by atoms with E-state index in [0.717, 1.165) is 37.8 Å². The summed E-state index contributed by atoms with van der Waals surface area (Å²) in [5, 5.41) is 3.08. The summed E-state index contributed by atoms with van der Waals surface area (Å²) in [6.07, 6.45) is 5.21. The molecule has 3 rings (SSSR count). The van der Waals surface area contributed by atoms with Gasteiger partial charge in [-0.2, -0.15) is 0 Å². The third-order valence-corrected chi connectivity index (χ3v) is 5.58. The number of anilines is 1. The second-order valence-electron chi connectivity index (χ2n) is 7.48. The Bertz CT molecular complexity index is 683. The minimum atomic E-state index is -0.689. The molecule has 1 aliphatic carbocycles. The van der Waals surface area contributed by atoms with Gasteiger partial charge in [-0.3, -0.25) is 14.4 Å². The Kier molecular flexibility index (Phi) is 6.14. The number of carbonyl (C=O) groups excluding carboxylic acids is 3. The Balaban J connectivity index is 1.68. The van der Waals surface area contributed by atoms with Gasteiger partial charge < -0.3 is 15.0 Å². The summed E-state index contributed by atoms with van der Waals surface area (Å²) in [5.74, 6) is -1.40. The highest BCUT2D eigenvalue weighted by Crippen LogP contribution is 2.33. The van der Waals surface area contributed by atoms with Gasteiger partial charge in [0.05, 0.1) is 18.6 Å². The molecule has 1 saturated heterocycles. The third-order valence-electron chi connectivity index (χ3n) is 5.58. The van der Waals surface area contributed by atoms with E-state index < -0.39 is 11.5 Å². The number of hydrogen-bond acceptors (Lipinski definition) is 4. The van der Waals surface area contributed by atoms with Gasteiger partial charge in [-0.15, -0.1) is 0 Å². The van der Waals surface area contributed by atoms with Gasteiger partial charge in [0.1, 0.15) is 5.92 Å². The second-order valence-corrected chi connectivity index (χ2v) is 7.48. The molecular formula is C21H28N2O4. The Morgan fingerprint density at radius 2 is 1.89 bits per heavy atom. The number of nitrogens with zero attached hydrogens (tertiary/aromatic N) is 1. The van der Waals surface area contributed by atoms with Gasteiger partial charge in [-0.25, -0.2) is 0 Å². The predicted molar refractivity (Wildman–Crippen MR) is 102 cm³/mol. The number of nitrogens with one attached hydrogen (secondary N) is 1. The van der Waals surface area contributed by atoms with Crippen molar-refractivity contribution in [1.82, 2.24) is 5.32 Å². The summed E-state index contributed by atoms with van der Waals surface area (Å²) in [4.78, 5) is 39.5. The first kappa shape index (κ1) is 19.4. The highest BCUT2D eigenvalue weighted by molar-refractivity contribution is 6.09. The van der Waals surface area contributed by atoms with Gasteiger partial charge in [0.25, 0.3) is 0 Å². The fourth-order valence-electron chi connectivity index (χ4n) is 4.20. The molecule has 0 spiro atoms. The zero-order valence-electron chi connectivity index (χ0n) is 15.9. The third kappa shape index (κ3) is 4.49. The maximum Gasteiger partial charge on any atom is 0.308 e. The van der Waals surface area contributed by atoms with Crippen LogP contribution in [0.4, 0.5) is 5.69 Å². The van der Waals surface area contributed by atoms with E-state index in [9.17, 15) is 14.4 Å². The molecule has 1 atom stereocenters. The van der Waals surface area contributed by atoms with Crippen molar-refractivity contribution in [2.24, 2.45) is 5.92 Å². The number of carbonyl (C=O) groups is 3. The van der Waals surface area contributed by atoms with E-state index in [1.165, 1.54) is 0 Å². The molecule has 1 N–H and O–H groups in total. The molecule has 0 radical (unpaired) electrons. The first-order valence-corrected chi connectivity index (χ1v) is 9.89. The van der Waals surface area contributed by atoms with Crippen molar-refractivity contribution in [2.75, 3.05) is 18.1 Å². The van der Waals surface area contributed by atoms with E-state index in [2.05, 4.69) is 5.32 Å². The van der Waals surface area contributed by atoms with Crippen LogP contribution in [0.2, 0.25) is 0 Å². The Labute approximate surface area is 160 Å². The largest absolute Gasteiger partial charge is 0.466 e. The molecule has 1 unspecified atom stereocenters. The lowest BCUT2D eigenvalue weighted by atomic mass is 9.79. The average Bonchev–Trinajstić information content (AvgIpc) is 3.04. The van der Waals surface area contributed by atoms with Crippen LogP contribution in [-0.4, -0.2) is 36.5 Å². The number of rotatable bonds is 6. The molecule has 2 aliphatic rings. The number of para-hydroxylation sites is 1. The molecule has 2 fully saturated rings. The number of esters is 1. The summed E-state index contributed by atoms with van der Waals surface area (Å²) in [6, 6.07) is 9.42. The smallest absolute Gasteiger partial charge is 0.308 e. The molecule has 2 amide bonds. The summed E-state index contributed by atoms with van der Waals surface area (Å²) < 4.78 is 5.11. The molecule has 146 valence electrons. The molecule has 1 aromatic carbocycles. The fourth-order valence-corrected chi connectivity index (χ4v) is 4.20. The van der Waals surface area contributed by atoms with E-state index in [4.69, 9.17) is 4.74 Å². The van der Waals surface area contributed by atoms with Crippen LogP contribution in [0.5, 0.6) is 0 Å². The minimum absolute atomic E-state index is 0.166. The Hall–Kier alpha value is -2.37. The number of benzene rings is 1.